The fourth-order valence-corrected chi connectivity index (χ4v) is 3.29. The van der Waals surface area contributed by atoms with E-state index in [0.717, 1.165) is 25.0 Å². The van der Waals surface area contributed by atoms with Gasteiger partial charge in [-0.15, -0.1) is 0 Å². The molecular weight excluding hydrogens is 373 g/mol. The van der Waals surface area contributed by atoms with Crippen molar-refractivity contribution in [3.05, 3.63) is 57.5 Å². The Morgan fingerprint density at radius 1 is 1.21 bits per heavy atom. The number of likely N-dealkylation sites (tertiary alicyclic amines) is 1. The lowest BCUT2D eigenvalue weighted by Gasteiger charge is -2.31. The lowest BCUT2D eigenvalue weighted by Crippen LogP contribution is -2.45. The first-order chi connectivity index (χ1) is 13.2. The Bertz CT molecular complexity index is 932. The SMILES string of the molecule is CNC1CCN(C(=O)c2nn(-c3cccc(C(F)(F)F)c3)c(C)cc2=O)CC1. The zero-order chi connectivity index (χ0) is 20.5. The summed E-state index contributed by atoms with van der Waals surface area (Å²) >= 11 is 0. The first kappa shape index (κ1) is 20.1. The maximum absolute atomic E-state index is 13.0. The van der Waals surface area contributed by atoms with Gasteiger partial charge in [-0.1, -0.05) is 6.07 Å². The van der Waals surface area contributed by atoms with Gasteiger partial charge < -0.3 is 10.2 Å². The number of hydrogen-bond donors (Lipinski definition) is 1. The Hall–Kier alpha value is -2.68. The van der Waals surface area contributed by atoms with Crippen LogP contribution in [0, 0.1) is 6.92 Å². The van der Waals surface area contributed by atoms with Crippen molar-refractivity contribution in [1.29, 1.82) is 0 Å². The Morgan fingerprint density at radius 3 is 2.50 bits per heavy atom. The van der Waals surface area contributed by atoms with Crippen LogP contribution >= 0.6 is 0 Å². The van der Waals surface area contributed by atoms with E-state index in [2.05, 4.69) is 10.4 Å². The second-order valence-corrected chi connectivity index (χ2v) is 6.81. The molecule has 1 saturated heterocycles. The highest BCUT2D eigenvalue weighted by molar-refractivity contribution is 5.92. The van der Waals surface area contributed by atoms with Gasteiger partial charge in [-0.2, -0.15) is 18.3 Å². The summed E-state index contributed by atoms with van der Waals surface area (Å²) in [7, 11) is 1.86. The smallest absolute Gasteiger partial charge is 0.337 e. The number of halogens is 3. The number of alkyl halides is 3. The number of nitrogens with zero attached hydrogens (tertiary/aromatic N) is 3. The molecule has 1 fully saturated rings. The van der Waals surface area contributed by atoms with Crippen molar-refractivity contribution >= 4 is 5.91 Å². The van der Waals surface area contributed by atoms with Gasteiger partial charge in [0.25, 0.3) is 5.91 Å². The van der Waals surface area contributed by atoms with Gasteiger partial charge in [0, 0.05) is 30.9 Å². The molecule has 0 saturated carbocycles. The highest BCUT2D eigenvalue weighted by Crippen LogP contribution is 2.30. The van der Waals surface area contributed by atoms with Crippen LogP contribution in [-0.4, -0.2) is 46.8 Å². The predicted molar refractivity (Wildman–Crippen MR) is 97.6 cm³/mol. The number of amides is 1. The zero-order valence-corrected chi connectivity index (χ0v) is 15.6. The molecule has 0 radical (unpaired) electrons. The van der Waals surface area contributed by atoms with Crippen LogP contribution in [0.1, 0.15) is 34.6 Å². The van der Waals surface area contributed by atoms with Crippen molar-refractivity contribution in [2.24, 2.45) is 0 Å². The molecule has 150 valence electrons. The fraction of sp³-hybridized carbons (Fsp3) is 0.421. The minimum atomic E-state index is -4.50. The summed E-state index contributed by atoms with van der Waals surface area (Å²) in [5.74, 6) is -0.500. The van der Waals surface area contributed by atoms with Crippen LogP contribution in [0.15, 0.2) is 35.1 Å². The van der Waals surface area contributed by atoms with E-state index in [1.165, 1.54) is 22.9 Å². The van der Waals surface area contributed by atoms with Crippen LogP contribution < -0.4 is 10.7 Å². The minimum Gasteiger partial charge on any atom is -0.337 e. The van der Waals surface area contributed by atoms with Crippen molar-refractivity contribution in [3.63, 3.8) is 0 Å². The number of carbonyl (C=O) groups excluding carboxylic acids is 1. The summed E-state index contributed by atoms with van der Waals surface area (Å²) < 4.78 is 40.2. The lowest BCUT2D eigenvalue weighted by atomic mass is 10.1. The summed E-state index contributed by atoms with van der Waals surface area (Å²) in [6, 6.07) is 6.15. The maximum atomic E-state index is 13.0. The second kappa shape index (κ2) is 7.75. The van der Waals surface area contributed by atoms with Crippen LogP contribution in [0.5, 0.6) is 0 Å². The van der Waals surface area contributed by atoms with Crippen molar-refractivity contribution in [2.45, 2.75) is 32.0 Å². The van der Waals surface area contributed by atoms with Gasteiger partial charge in [0.05, 0.1) is 11.3 Å². The Kier molecular flexibility index (Phi) is 5.55. The molecule has 1 aliphatic rings. The standard InChI is InChI=1S/C19H21F3N4O2/c1-12-10-16(27)17(18(28)25-8-6-14(23-2)7-9-25)24-26(12)15-5-3-4-13(11-15)19(20,21)22/h3-5,10-11,14,23H,6-9H2,1-2H3. The summed E-state index contributed by atoms with van der Waals surface area (Å²) in [6.07, 6.45) is -2.98. The predicted octanol–water partition coefficient (Wildman–Crippen LogP) is 2.38. The third-order valence-electron chi connectivity index (χ3n) is 4.92. The molecule has 1 aliphatic heterocycles. The number of benzene rings is 1. The summed E-state index contributed by atoms with van der Waals surface area (Å²) in [5, 5.41) is 7.27. The van der Waals surface area contributed by atoms with Gasteiger partial charge in [-0.3, -0.25) is 9.59 Å². The molecule has 1 N–H and O–H groups in total. The van der Waals surface area contributed by atoms with Crippen molar-refractivity contribution in [3.8, 4) is 5.69 Å². The van der Waals surface area contributed by atoms with E-state index in [1.54, 1.807) is 11.8 Å². The van der Waals surface area contributed by atoms with Crippen LogP contribution in [0.25, 0.3) is 5.69 Å². The third kappa shape index (κ3) is 4.09. The number of aryl methyl sites for hydroxylation is 1. The molecule has 1 aromatic carbocycles. The number of carbonyl (C=O) groups is 1. The Morgan fingerprint density at radius 2 is 1.89 bits per heavy atom. The van der Waals surface area contributed by atoms with E-state index in [1.807, 2.05) is 7.05 Å². The molecule has 2 heterocycles. The highest BCUT2D eigenvalue weighted by Gasteiger charge is 2.31. The van der Waals surface area contributed by atoms with Crippen LogP contribution in [-0.2, 0) is 6.18 Å². The van der Waals surface area contributed by atoms with Crippen molar-refractivity contribution < 1.29 is 18.0 Å². The van der Waals surface area contributed by atoms with E-state index in [-0.39, 0.29) is 11.4 Å². The Labute approximate surface area is 160 Å². The largest absolute Gasteiger partial charge is 0.416 e. The van der Waals surface area contributed by atoms with Gasteiger partial charge in [-0.05, 0) is 45.0 Å². The number of nitrogens with one attached hydrogen (secondary N) is 1. The van der Waals surface area contributed by atoms with Crippen LogP contribution in [0.4, 0.5) is 13.2 Å². The minimum absolute atomic E-state index is 0.135. The summed E-state index contributed by atoms with van der Waals surface area (Å²) in [5.41, 5.74) is -1.18. The quantitative estimate of drug-likeness (QED) is 0.868. The molecule has 9 heteroatoms. The Balaban J connectivity index is 1.96. The molecule has 3 rings (SSSR count). The highest BCUT2D eigenvalue weighted by atomic mass is 19.4. The molecule has 0 unspecified atom stereocenters. The average molecular weight is 394 g/mol. The molecule has 0 atom stereocenters. The van der Waals surface area contributed by atoms with Crippen molar-refractivity contribution in [2.75, 3.05) is 20.1 Å². The molecule has 0 spiro atoms. The number of rotatable bonds is 3. The first-order valence-electron chi connectivity index (χ1n) is 8.96. The molecule has 1 amide bonds. The third-order valence-corrected chi connectivity index (χ3v) is 4.92. The van der Waals surface area contributed by atoms with E-state index < -0.39 is 23.1 Å². The fourth-order valence-electron chi connectivity index (χ4n) is 3.29. The van der Waals surface area contributed by atoms with E-state index in [4.69, 9.17) is 0 Å². The van der Waals surface area contributed by atoms with Crippen LogP contribution in [0.2, 0.25) is 0 Å². The number of aromatic nitrogens is 2. The molecule has 2 aromatic rings. The van der Waals surface area contributed by atoms with Crippen molar-refractivity contribution in [1.82, 2.24) is 20.0 Å². The normalized spacial score (nSPS) is 15.7. The first-order valence-corrected chi connectivity index (χ1v) is 8.96. The van der Waals surface area contributed by atoms with E-state index >= 15 is 0 Å². The zero-order valence-electron chi connectivity index (χ0n) is 15.6. The van der Waals surface area contributed by atoms with E-state index in [9.17, 15) is 22.8 Å². The molecule has 0 bridgehead atoms. The van der Waals surface area contributed by atoms with Gasteiger partial charge in [0.2, 0.25) is 5.43 Å². The second-order valence-electron chi connectivity index (χ2n) is 6.81. The summed E-state index contributed by atoms with van der Waals surface area (Å²) in [6.45, 7) is 2.53. The van der Waals surface area contributed by atoms with Crippen LogP contribution in [0.3, 0.4) is 0 Å². The van der Waals surface area contributed by atoms with E-state index in [0.29, 0.717) is 24.8 Å². The molecule has 1 aromatic heterocycles. The van der Waals surface area contributed by atoms with Gasteiger partial charge in [-0.25, -0.2) is 4.68 Å². The molecule has 6 nitrogen and oxygen atoms in total. The average Bonchev–Trinajstić information content (AvgIpc) is 2.67. The number of piperidine rings is 1. The molecule has 28 heavy (non-hydrogen) atoms. The molecular formula is C19H21F3N4O2. The molecule has 0 aliphatic carbocycles. The van der Waals surface area contributed by atoms with Gasteiger partial charge in [0.15, 0.2) is 5.69 Å². The van der Waals surface area contributed by atoms with Gasteiger partial charge in [0.1, 0.15) is 0 Å². The lowest BCUT2D eigenvalue weighted by molar-refractivity contribution is -0.137. The maximum Gasteiger partial charge on any atom is 0.416 e. The monoisotopic (exact) mass is 394 g/mol. The summed E-state index contributed by atoms with van der Waals surface area (Å²) in [4.78, 5) is 26.7. The van der Waals surface area contributed by atoms with Gasteiger partial charge >= 0.3 is 6.18 Å². The topological polar surface area (TPSA) is 67.2 Å². The number of hydrogen-bond acceptors (Lipinski definition) is 4.